The lowest BCUT2D eigenvalue weighted by Crippen LogP contribution is -1.85. The molecule has 0 unspecified atom stereocenters. The van der Waals surface area contributed by atoms with Gasteiger partial charge in [0.2, 0.25) is 0 Å². The zero-order valence-corrected chi connectivity index (χ0v) is 13.2. The largest absolute Gasteiger partial charge is 0.206 e. The van der Waals surface area contributed by atoms with Crippen LogP contribution in [0.1, 0.15) is 36.5 Å². The van der Waals surface area contributed by atoms with E-state index in [2.05, 4.69) is 53.3 Å². The number of halogens is 1. The fourth-order valence-electron chi connectivity index (χ4n) is 2.00. The van der Waals surface area contributed by atoms with E-state index in [1.807, 2.05) is 12.1 Å². The smallest absolute Gasteiger partial charge is 0.141 e. The number of aliphatic imine (C=N–C) groups is 1. The van der Waals surface area contributed by atoms with Gasteiger partial charge in [-0.25, -0.2) is 4.39 Å². The second-order valence-corrected chi connectivity index (χ2v) is 5.10. The van der Waals surface area contributed by atoms with Gasteiger partial charge in [0.1, 0.15) is 5.82 Å². The topological polar surface area (TPSA) is 12.4 Å². The molecule has 0 aromatic heterocycles. The van der Waals surface area contributed by atoms with Gasteiger partial charge in [-0.05, 0) is 54.9 Å². The average molecular weight is 309 g/mol. The van der Waals surface area contributed by atoms with Crippen molar-refractivity contribution in [2.45, 2.75) is 26.2 Å². The van der Waals surface area contributed by atoms with Crippen molar-refractivity contribution in [1.29, 1.82) is 0 Å². The van der Waals surface area contributed by atoms with Crippen LogP contribution in [0.25, 0.3) is 0 Å². The molecular formula is C19H16FNS. The van der Waals surface area contributed by atoms with E-state index in [-0.39, 0.29) is 0 Å². The molecule has 2 aromatic carbocycles. The minimum atomic E-state index is -0.404. The van der Waals surface area contributed by atoms with Gasteiger partial charge >= 0.3 is 0 Å². The molecule has 0 N–H and O–H groups in total. The van der Waals surface area contributed by atoms with Crippen molar-refractivity contribution in [2.75, 3.05) is 0 Å². The molecule has 1 nitrogen and oxygen atoms in total. The van der Waals surface area contributed by atoms with Crippen LogP contribution >= 0.6 is 12.2 Å². The third-order valence-electron chi connectivity index (χ3n) is 3.24. The molecule has 0 spiro atoms. The predicted molar refractivity (Wildman–Crippen MR) is 92.1 cm³/mol. The van der Waals surface area contributed by atoms with Gasteiger partial charge in [-0.3, -0.25) is 0 Å². The number of rotatable bonds is 4. The van der Waals surface area contributed by atoms with Crippen LogP contribution in [0.2, 0.25) is 0 Å². The highest BCUT2D eigenvalue weighted by Crippen LogP contribution is 2.16. The molecule has 0 aliphatic carbocycles. The number of hydrogen-bond donors (Lipinski definition) is 0. The summed E-state index contributed by atoms with van der Waals surface area (Å²) in [5.41, 5.74) is 2.97. The normalized spacial score (nSPS) is 9.55. The molecule has 110 valence electrons. The van der Waals surface area contributed by atoms with E-state index in [1.54, 1.807) is 12.1 Å². The maximum atomic E-state index is 13.9. The second kappa shape index (κ2) is 8.24. The van der Waals surface area contributed by atoms with Gasteiger partial charge in [0.25, 0.3) is 0 Å². The molecular weight excluding hydrogens is 293 g/mol. The molecule has 22 heavy (non-hydrogen) atoms. The Bertz CT molecular complexity index is 747. The van der Waals surface area contributed by atoms with E-state index in [4.69, 9.17) is 0 Å². The fourth-order valence-corrected chi connectivity index (χ4v) is 2.11. The number of benzene rings is 2. The average Bonchev–Trinajstić information content (AvgIpc) is 2.53. The van der Waals surface area contributed by atoms with Crippen LogP contribution < -0.4 is 0 Å². The Balaban J connectivity index is 2.14. The Kier molecular flexibility index (Phi) is 6.03. The zero-order chi connectivity index (χ0) is 15.8. The molecule has 0 radical (unpaired) electrons. The summed E-state index contributed by atoms with van der Waals surface area (Å²) in [6.07, 6.45) is 3.46. The maximum absolute atomic E-state index is 13.9. The van der Waals surface area contributed by atoms with E-state index in [1.165, 1.54) is 24.5 Å². The second-order valence-electron chi connectivity index (χ2n) is 4.92. The lowest BCUT2D eigenvalue weighted by Gasteiger charge is -1.99. The molecule has 0 saturated carbocycles. The number of nitrogens with zero attached hydrogens (tertiary/aromatic N) is 1. The van der Waals surface area contributed by atoms with Gasteiger partial charge in [0.05, 0.1) is 16.4 Å². The summed E-state index contributed by atoms with van der Waals surface area (Å²) < 4.78 is 13.9. The third kappa shape index (κ3) is 4.63. The summed E-state index contributed by atoms with van der Waals surface area (Å²) in [6, 6.07) is 12.7. The summed E-state index contributed by atoms with van der Waals surface area (Å²) >= 11 is 4.50. The molecule has 0 aliphatic heterocycles. The van der Waals surface area contributed by atoms with Crippen LogP contribution in [0, 0.1) is 17.7 Å². The number of unbranched alkanes of at least 4 members (excludes halogenated alkanes) is 1. The van der Waals surface area contributed by atoms with Gasteiger partial charge in [0, 0.05) is 11.6 Å². The third-order valence-corrected chi connectivity index (χ3v) is 3.33. The van der Waals surface area contributed by atoms with Crippen LogP contribution in [-0.4, -0.2) is 5.16 Å². The van der Waals surface area contributed by atoms with Crippen molar-refractivity contribution < 1.29 is 4.39 Å². The summed E-state index contributed by atoms with van der Waals surface area (Å²) in [7, 11) is 0. The van der Waals surface area contributed by atoms with Crippen molar-refractivity contribution in [2.24, 2.45) is 4.99 Å². The van der Waals surface area contributed by atoms with E-state index in [9.17, 15) is 4.39 Å². The van der Waals surface area contributed by atoms with Crippen LogP contribution in [0.15, 0.2) is 47.5 Å². The first-order chi connectivity index (χ1) is 10.7. The zero-order valence-electron chi connectivity index (χ0n) is 12.4. The van der Waals surface area contributed by atoms with Gasteiger partial charge in [-0.15, -0.1) is 0 Å². The van der Waals surface area contributed by atoms with Crippen LogP contribution in [-0.2, 0) is 6.42 Å². The van der Waals surface area contributed by atoms with Crippen molar-refractivity contribution in [3.05, 3.63) is 65.0 Å². The van der Waals surface area contributed by atoms with Gasteiger partial charge in [0.15, 0.2) is 0 Å². The first-order valence-corrected chi connectivity index (χ1v) is 7.62. The number of isothiocyanates is 1. The Morgan fingerprint density at radius 3 is 2.50 bits per heavy atom. The summed E-state index contributed by atoms with van der Waals surface area (Å²) in [4.78, 5) is 3.74. The Hall–Kier alpha value is -2.27. The standard InChI is InChI=1S/C19H16FNS/c1-2-3-4-15-5-7-16(8-6-15)9-10-17-11-12-18(21-14-22)13-19(17)20/h5-8,11-13H,2-4H2,1H3. The highest BCUT2D eigenvalue weighted by atomic mass is 32.1. The monoisotopic (exact) mass is 309 g/mol. The fraction of sp³-hybridized carbons (Fsp3) is 0.211. The van der Waals surface area contributed by atoms with Crippen LogP contribution in [0.4, 0.5) is 10.1 Å². The number of aryl methyl sites for hydroxylation is 1. The minimum absolute atomic E-state index is 0.346. The van der Waals surface area contributed by atoms with E-state index >= 15 is 0 Å². The van der Waals surface area contributed by atoms with Gasteiger partial charge in [-0.2, -0.15) is 4.99 Å². The van der Waals surface area contributed by atoms with Gasteiger partial charge in [-0.1, -0.05) is 37.3 Å². The van der Waals surface area contributed by atoms with Crippen LogP contribution in [0.5, 0.6) is 0 Å². The van der Waals surface area contributed by atoms with Crippen LogP contribution in [0.3, 0.4) is 0 Å². The molecule has 0 aliphatic rings. The molecule has 3 heteroatoms. The van der Waals surface area contributed by atoms with Crippen molar-refractivity contribution >= 4 is 23.1 Å². The first kappa shape index (κ1) is 16.1. The molecule has 0 amide bonds. The lowest BCUT2D eigenvalue weighted by atomic mass is 10.1. The summed E-state index contributed by atoms with van der Waals surface area (Å²) in [6.45, 7) is 2.18. The molecule has 2 rings (SSSR count). The molecule has 0 saturated heterocycles. The van der Waals surface area contributed by atoms with E-state index in [0.29, 0.717) is 11.3 Å². The number of thiocarbonyl (C=S) groups is 1. The SMILES string of the molecule is CCCCc1ccc(C#Cc2ccc(N=C=S)cc2F)cc1. The Morgan fingerprint density at radius 2 is 1.86 bits per heavy atom. The molecule has 0 atom stereocenters. The molecule has 2 aromatic rings. The highest BCUT2D eigenvalue weighted by Gasteiger charge is 2.00. The number of hydrogen-bond acceptors (Lipinski definition) is 2. The van der Waals surface area contributed by atoms with Gasteiger partial charge < -0.3 is 0 Å². The van der Waals surface area contributed by atoms with E-state index < -0.39 is 5.82 Å². The summed E-state index contributed by atoms with van der Waals surface area (Å²) in [5, 5.41) is 2.21. The highest BCUT2D eigenvalue weighted by molar-refractivity contribution is 7.78. The maximum Gasteiger partial charge on any atom is 0.141 e. The molecule has 0 bridgehead atoms. The lowest BCUT2D eigenvalue weighted by molar-refractivity contribution is 0.625. The Labute approximate surface area is 135 Å². The minimum Gasteiger partial charge on any atom is -0.206 e. The van der Waals surface area contributed by atoms with Crippen molar-refractivity contribution in [1.82, 2.24) is 0 Å². The van der Waals surface area contributed by atoms with E-state index in [0.717, 1.165) is 12.0 Å². The van der Waals surface area contributed by atoms with Crippen molar-refractivity contribution in [3.8, 4) is 11.8 Å². The first-order valence-electron chi connectivity index (χ1n) is 7.21. The predicted octanol–water partition coefficient (Wildman–Crippen LogP) is 5.30. The summed E-state index contributed by atoms with van der Waals surface area (Å²) in [5.74, 6) is 5.42. The Morgan fingerprint density at radius 1 is 1.09 bits per heavy atom. The quantitative estimate of drug-likeness (QED) is 0.424. The molecule has 0 heterocycles. The molecule has 0 fully saturated rings. The van der Waals surface area contributed by atoms with Crippen molar-refractivity contribution in [3.63, 3.8) is 0 Å².